The molecule has 0 radical (unpaired) electrons. The topological polar surface area (TPSA) is 82.6 Å². The zero-order valence-corrected chi connectivity index (χ0v) is 16.7. The lowest BCUT2D eigenvalue weighted by Crippen LogP contribution is -2.52. The SMILES string of the molecule is CC(NCC(=O)N1CCN(S(=O)(=O)c2c(F)cccc2F)CC1)c1ccccn1. The minimum atomic E-state index is -4.31. The Morgan fingerprint density at radius 1 is 1.10 bits per heavy atom. The maximum Gasteiger partial charge on any atom is 0.249 e. The van der Waals surface area contributed by atoms with Crippen LogP contribution in [0.15, 0.2) is 47.5 Å². The van der Waals surface area contributed by atoms with Gasteiger partial charge in [-0.15, -0.1) is 0 Å². The van der Waals surface area contributed by atoms with Crippen LogP contribution in [0.3, 0.4) is 0 Å². The Kier molecular flexibility index (Phi) is 6.56. The zero-order chi connectivity index (χ0) is 21.0. The fraction of sp³-hybridized carbons (Fsp3) is 0.368. The fourth-order valence-corrected chi connectivity index (χ4v) is 4.66. The second-order valence-corrected chi connectivity index (χ2v) is 8.57. The van der Waals surface area contributed by atoms with Gasteiger partial charge in [0, 0.05) is 38.4 Å². The molecule has 0 bridgehead atoms. The number of sulfonamides is 1. The minimum Gasteiger partial charge on any atom is -0.339 e. The number of rotatable bonds is 6. The molecule has 1 aromatic heterocycles. The summed E-state index contributed by atoms with van der Waals surface area (Å²) in [5, 5.41) is 3.09. The number of amides is 1. The maximum atomic E-state index is 13.9. The average Bonchev–Trinajstić information content (AvgIpc) is 2.72. The Bertz CT molecular complexity index is 944. The van der Waals surface area contributed by atoms with Gasteiger partial charge in [-0.1, -0.05) is 12.1 Å². The van der Waals surface area contributed by atoms with E-state index in [1.165, 1.54) is 4.90 Å². The van der Waals surface area contributed by atoms with E-state index in [2.05, 4.69) is 10.3 Å². The molecule has 1 saturated heterocycles. The molecule has 29 heavy (non-hydrogen) atoms. The molecule has 0 saturated carbocycles. The summed E-state index contributed by atoms with van der Waals surface area (Å²) in [6.07, 6.45) is 1.67. The molecule has 2 heterocycles. The van der Waals surface area contributed by atoms with Gasteiger partial charge in [0.05, 0.1) is 12.2 Å². The number of carbonyl (C=O) groups excluding carboxylic acids is 1. The Balaban J connectivity index is 1.57. The summed E-state index contributed by atoms with van der Waals surface area (Å²) in [5.74, 6) is -2.44. The van der Waals surface area contributed by atoms with E-state index in [-0.39, 0.29) is 44.7 Å². The predicted molar refractivity (Wildman–Crippen MR) is 102 cm³/mol. The van der Waals surface area contributed by atoms with Crippen molar-refractivity contribution in [2.45, 2.75) is 17.9 Å². The van der Waals surface area contributed by atoms with E-state index in [1.807, 2.05) is 25.1 Å². The second kappa shape index (κ2) is 8.93. The van der Waals surface area contributed by atoms with Gasteiger partial charge in [0.25, 0.3) is 0 Å². The van der Waals surface area contributed by atoms with Crippen LogP contribution >= 0.6 is 0 Å². The predicted octanol–water partition coefficient (Wildman–Crippen LogP) is 1.54. The van der Waals surface area contributed by atoms with Gasteiger partial charge in [0.1, 0.15) is 11.6 Å². The molecule has 1 aliphatic rings. The highest BCUT2D eigenvalue weighted by atomic mass is 32.2. The lowest BCUT2D eigenvalue weighted by Gasteiger charge is -2.34. The smallest absolute Gasteiger partial charge is 0.249 e. The average molecular weight is 424 g/mol. The molecule has 1 aliphatic heterocycles. The highest BCUT2D eigenvalue weighted by Crippen LogP contribution is 2.23. The summed E-state index contributed by atoms with van der Waals surface area (Å²) in [5.41, 5.74) is 0.808. The first-order valence-electron chi connectivity index (χ1n) is 9.17. The number of aromatic nitrogens is 1. The molecular formula is C19H22F2N4O3S. The second-order valence-electron chi connectivity index (χ2n) is 6.69. The van der Waals surface area contributed by atoms with Crippen molar-refractivity contribution in [2.24, 2.45) is 0 Å². The first-order valence-corrected chi connectivity index (χ1v) is 10.6. The number of pyridine rings is 1. The number of piperazine rings is 1. The molecule has 3 rings (SSSR count). The van der Waals surface area contributed by atoms with Crippen LogP contribution in [0.4, 0.5) is 8.78 Å². The molecule has 7 nitrogen and oxygen atoms in total. The monoisotopic (exact) mass is 424 g/mol. The van der Waals surface area contributed by atoms with Crippen LogP contribution < -0.4 is 5.32 Å². The molecular weight excluding hydrogens is 402 g/mol. The minimum absolute atomic E-state index is 0.0301. The van der Waals surface area contributed by atoms with E-state index in [4.69, 9.17) is 0 Å². The number of nitrogens with one attached hydrogen (secondary N) is 1. The lowest BCUT2D eigenvalue weighted by molar-refractivity contribution is -0.131. The van der Waals surface area contributed by atoms with Gasteiger partial charge in [0.2, 0.25) is 15.9 Å². The molecule has 1 amide bonds. The summed E-state index contributed by atoms with van der Waals surface area (Å²) in [4.78, 5) is 17.2. The number of nitrogens with zero attached hydrogens (tertiary/aromatic N) is 3. The van der Waals surface area contributed by atoms with Gasteiger partial charge < -0.3 is 10.2 Å². The van der Waals surface area contributed by atoms with Crippen molar-refractivity contribution in [3.05, 3.63) is 59.9 Å². The maximum absolute atomic E-state index is 13.9. The van der Waals surface area contributed by atoms with Crippen molar-refractivity contribution < 1.29 is 22.0 Å². The van der Waals surface area contributed by atoms with Crippen molar-refractivity contribution in [3.63, 3.8) is 0 Å². The number of halogens is 2. The summed E-state index contributed by atoms with van der Waals surface area (Å²) in [7, 11) is -4.31. The molecule has 0 aliphatic carbocycles. The molecule has 0 spiro atoms. The van der Waals surface area contributed by atoms with E-state index in [1.54, 1.807) is 6.20 Å². The van der Waals surface area contributed by atoms with Crippen molar-refractivity contribution in [2.75, 3.05) is 32.7 Å². The van der Waals surface area contributed by atoms with Gasteiger partial charge in [-0.25, -0.2) is 17.2 Å². The van der Waals surface area contributed by atoms with E-state index >= 15 is 0 Å². The first kappa shape index (κ1) is 21.3. The largest absolute Gasteiger partial charge is 0.339 e. The molecule has 1 atom stereocenters. The van der Waals surface area contributed by atoms with Crippen LogP contribution in [0.25, 0.3) is 0 Å². The van der Waals surface area contributed by atoms with Crippen molar-refractivity contribution in [1.82, 2.24) is 19.5 Å². The highest BCUT2D eigenvalue weighted by Gasteiger charge is 2.34. The molecule has 10 heteroatoms. The Morgan fingerprint density at radius 2 is 1.76 bits per heavy atom. The van der Waals surface area contributed by atoms with Gasteiger partial charge in [0.15, 0.2) is 4.90 Å². The van der Waals surface area contributed by atoms with Gasteiger partial charge >= 0.3 is 0 Å². The molecule has 1 unspecified atom stereocenters. The van der Waals surface area contributed by atoms with E-state index in [0.29, 0.717) is 0 Å². The zero-order valence-electron chi connectivity index (χ0n) is 15.9. The first-order chi connectivity index (χ1) is 13.8. The van der Waals surface area contributed by atoms with Crippen LogP contribution in [-0.4, -0.2) is 61.2 Å². The third-order valence-electron chi connectivity index (χ3n) is 4.80. The van der Waals surface area contributed by atoms with Crippen LogP contribution in [0.5, 0.6) is 0 Å². The van der Waals surface area contributed by atoms with Crippen LogP contribution in [0.2, 0.25) is 0 Å². The summed E-state index contributed by atoms with van der Waals surface area (Å²) >= 11 is 0. The molecule has 2 aromatic rings. The number of benzene rings is 1. The summed E-state index contributed by atoms with van der Waals surface area (Å²) < 4.78 is 54.0. The van der Waals surface area contributed by atoms with Crippen LogP contribution in [0.1, 0.15) is 18.7 Å². The summed E-state index contributed by atoms with van der Waals surface area (Å²) in [6.45, 7) is 2.20. The standard InChI is InChI=1S/C19H22F2N4O3S/c1-14(17-7-2-3-8-22-17)23-13-18(26)24-9-11-25(12-10-24)29(27,28)19-15(20)5-4-6-16(19)21/h2-8,14,23H,9-13H2,1H3. The lowest BCUT2D eigenvalue weighted by atomic mass is 10.2. The fourth-order valence-electron chi connectivity index (χ4n) is 3.12. The van der Waals surface area contributed by atoms with E-state index in [9.17, 15) is 22.0 Å². The molecule has 1 aromatic carbocycles. The van der Waals surface area contributed by atoms with Crippen molar-refractivity contribution in [3.8, 4) is 0 Å². The summed E-state index contributed by atoms with van der Waals surface area (Å²) in [6, 6.07) is 8.33. The number of hydrogen-bond donors (Lipinski definition) is 1. The highest BCUT2D eigenvalue weighted by molar-refractivity contribution is 7.89. The third-order valence-corrected chi connectivity index (χ3v) is 6.75. The van der Waals surface area contributed by atoms with E-state index in [0.717, 1.165) is 28.2 Å². The number of hydrogen-bond acceptors (Lipinski definition) is 5. The van der Waals surface area contributed by atoms with Crippen molar-refractivity contribution >= 4 is 15.9 Å². The Morgan fingerprint density at radius 3 is 2.34 bits per heavy atom. The van der Waals surface area contributed by atoms with Gasteiger partial charge in [-0.05, 0) is 31.2 Å². The molecule has 1 fully saturated rings. The number of carbonyl (C=O) groups is 1. The third kappa shape index (κ3) is 4.77. The van der Waals surface area contributed by atoms with E-state index < -0.39 is 26.6 Å². The van der Waals surface area contributed by atoms with Crippen LogP contribution in [0, 0.1) is 11.6 Å². The van der Waals surface area contributed by atoms with Gasteiger partial charge in [-0.3, -0.25) is 9.78 Å². The van der Waals surface area contributed by atoms with Crippen molar-refractivity contribution in [1.29, 1.82) is 0 Å². The Hall–Kier alpha value is -2.43. The van der Waals surface area contributed by atoms with Crippen LogP contribution in [-0.2, 0) is 14.8 Å². The Labute approximate surface area is 168 Å². The molecule has 156 valence electrons. The molecule has 1 N–H and O–H groups in total. The quantitative estimate of drug-likeness (QED) is 0.761. The van der Waals surface area contributed by atoms with Gasteiger partial charge in [-0.2, -0.15) is 4.31 Å². The normalized spacial score (nSPS) is 16.6.